The first-order valence-electron chi connectivity index (χ1n) is 7.61. The summed E-state index contributed by atoms with van der Waals surface area (Å²) >= 11 is 0. The van der Waals surface area contributed by atoms with E-state index in [2.05, 4.69) is 10.00 Å². The summed E-state index contributed by atoms with van der Waals surface area (Å²) in [5.41, 5.74) is 1.12. The van der Waals surface area contributed by atoms with E-state index in [1.807, 2.05) is 19.4 Å². The Morgan fingerprint density at radius 2 is 2.15 bits per heavy atom. The van der Waals surface area contributed by atoms with Crippen molar-refractivity contribution in [2.24, 2.45) is 13.0 Å². The SMILES string of the molecule is Cn1cc(CN2C(C(=O)O)CCC3CCCCC32)cn1. The highest BCUT2D eigenvalue weighted by Gasteiger charge is 2.41. The number of fused-ring (bicyclic) bond motifs is 1. The van der Waals surface area contributed by atoms with Crippen molar-refractivity contribution < 1.29 is 9.90 Å². The second-order valence-electron chi connectivity index (χ2n) is 6.24. The summed E-state index contributed by atoms with van der Waals surface area (Å²) in [7, 11) is 1.90. The highest BCUT2D eigenvalue weighted by atomic mass is 16.4. The molecule has 1 aliphatic carbocycles. The maximum Gasteiger partial charge on any atom is 0.320 e. The third-order valence-electron chi connectivity index (χ3n) is 4.91. The average molecular weight is 277 g/mol. The highest BCUT2D eigenvalue weighted by molar-refractivity contribution is 5.73. The van der Waals surface area contributed by atoms with Crippen molar-refractivity contribution in [2.75, 3.05) is 0 Å². The normalized spacial score (nSPS) is 30.9. The van der Waals surface area contributed by atoms with E-state index < -0.39 is 5.97 Å². The molecule has 1 N–H and O–H groups in total. The van der Waals surface area contributed by atoms with Crippen LogP contribution in [0, 0.1) is 5.92 Å². The Kier molecular flexibility index (Phi) is 3.78. The van der Waals surface area contributed by atoms with Gasteiger partial charge in [0.25, 0.3) is 0 Å². The van der Waals surface area contributed by atoms with Crippen LogP contribution in [-0.4, -0.2) is 37.8 Å². The lowest BCUT2D eigenvalue weighted by molar-refractivity contribution is -0.148. The number of nitrogens with zero attached hydrogens (tertiary/aromatic N) is 3. The van der Waals surface area contributed by atoms with Crippen molar-refractivity contribution in [3.05, 3.63) is 18.0 Å². The lowest BCUT2D eigenvalue weighted by Crippen LogP contribution is -2.54. The van der Waals surface area contributed by atoms with E-state index in [1.54, 1.807) is 4.68 Å². The molecule has 5 nitrogen and oxygen atoms in total. The fourth-order valence-corrected chi connectivity index (χ4v) is 3.99. The molecule has 0 bridgehead atoms. The summed E-state index contributed by atoms with van der Waals surface area (Å²) in [4.78, 5) is 13.8. The third-order valence-corrected chi connectivity index (χ3v) is 4.91. The molecule has 5 heteroatoms. The lowest BCUT2D eigenvalue weighted by Gasteiger charge is -2.47. The van der Waals surface area contributed by atoms with Crippen LogP contribution in [0.15, 0.2) is 12.4 Å². The van der Waals surface area contributed by atoms with Gasteiger partial charge in [-0.3, -0.25) is 14.4 Å². The number of carbonyl (C=O) groups is 1. The molecular formula is C15H23N3O2. The van der Waals surface area contributed by atoms with Crippen LogP contribution in [0.4, 0.5) is 0 Å². The minimum absolute atomic E-state index is 0.324. The van der Waals surface area contributed by atoms with Gasteiger partial charge in [0.05, 0.1) is 6.20 Å². The van der Waals surface area contributed by atoms with Gasteiger partial charge in [-0.25, -0.2) is 0 Å². The van der Waals surface area contributed by atoms with E-state index in [9.17, 15) is 9.90 Å². The molecule has 3 atom stereocenters. The largest absolute Gasteiger partial charge is 0.480 e. The molecule has 0 aromatic carbocycles. The van der Waals surface area contributed by atoms with Crippen molar-refractivity contribution >= 4 is 5.97 Å². The summed E-state index contributed by atoms with van der Waals surface area (Å²) in [5, 5.41) is 13.7. The number of aryl methyl sites for hydroxylation is 1. The van der Waals surface area contributed by atoms with Crippen LogP contribution in [0.5, 0.6) is 0 Å². The Labute approximate surface area is 119 Å². The molecule has 2 aliphatic rings. The number of hydrogen-bond acceptors (Lipinski definition) is 3. The molecule has 1 saturated heterocycles. The van der Waals surface area contributed by atoms with Crippen LogP contribution in [0.2, 0.25) is 0 Å². The Morgan fingerprint density at radius 1 is 1.35 bits per heavy atom. The van der Waals surface area contributed by atoms with Crippen molar-refractivity contribution in [2.45, 2.75) is 57.2 Å². The minimum atomic E-state index is -0.669. The average Bonchev–Trinajstić information content (AvgIpc) is 2.84. The Bertz CT molecular complexity index is 485. The van der Waals surface area contributed by atoms with Gasteiger partial charge in [-0.05, 0) is 31.6 Å². The highest BCUT2D eigenvalue weighted by Crippen LogP contribution is 2.38. The summed E-state index contributed by atoms with van der Waals surface area (Å²) in [6, 6.07) is 0.119. The molecule has 1 aromatic heterocycles. The number of carboxylic acid groups (broad SMARTS) is 1. The van der Waals surface area contributed by atoms with Gasteiger partial charge in [-0.1, -0.05) is 12.8 Å². The van der Waals surface area contributed by atoms with E-state index >= 15 is 0 Å². The number of rotatable bonds is 3. The standard InChI is InChI=1S/C15H23N3O2/c1-17-9-11(8-16-17)10-18-13-5-3-2-4-12(13)6-7-14(18)15(19)20/h8-9,12-14H,2-7,10H2,1H3,(H,19,20). The molecule has 1 saturated carbocycles. The predicted octanol–water partition coefficient (Wildman–Crippen LogP) is 2.03. The molecule has 2 heterocycles. The van der Waals surface area contributed by atoms with Crippen molar-refractivity contribution in [1.29, 1.82) is 0 Å². The zero-order chi connectivity index (χ0) is 14.1. The molecule has 20 heavy (non-hydrogen) atoms. The minimum Gasteiger partial charge on any atom is -0.480 e. The molecule has 2 fully saturated rings. The maximum atomic E-state index is 11.6. The maximum absolute atomic E-state index is 11.6. The van der Waals surface area contributed by atoms with E-state index in [0.717, 1.165) is 24.8 Å². The second kappa shape index (κ2) is 5.56. The molecule has 1 aromatic rings. The quantitative estimate of drug-likeness (QED) is 0.918. The molecule has 110 valence electrons. The lowest BCUT2D eigenvalue weighted by atomic mass is 9.76. The molecule has 1 aliphatic heterocycles. The molecular weight excluding hydrogens is 254 g/mol. The molecule has 3 unspecified atom stereocenters. The van der Waals surface area contributed by atoms with Crippen LogP contribution in [0.3, 0.4) is 0 Å². The van der Waals surface area contributed by atoms with Crippen LogP contribution in [-0.2, 0) is 18.4 Å². The smallest absolute Gasteiger partial charge is 0.320 e. The van der Waals surface area contributed by atoms with Crippen LogP contribution in [0.25, 0.3) is 0 Å². The van der Waals surface area contributed by atoms with Gasteiger partial charge in [0.1, 0.15) is 6.04 Å². The fourth-order valence-electron chi connectivity index (χ4n) is 3.99. The predicted molar refractivity (Wildman–Crippen MR) is 75.2 cm³/mol. The Hall–Kier alpha value is -1.36. The van der Waals surface area contributed by atoms with Crippen molar-refractivity contribution in [3.8, 4) is 0 Å². The van der Waals surface area contributed by atoms with E-state index in [0.29, 0.717) is 18.5 Å². The van der Waals surface area contributed by atoms with Gasteiger partial charge in [0, 0.05) is 31.4 Å². The molecule has 0 radical (unpaired) electrons. The zero-order valence-corrected chi connectivity index (χ0v) is 12.0. The van der Waals surface area contributed by atoms with E-state index in [-0.39, 0.29) is 6.04 Å². The fraction of sp³-hybridized carbons (Fsp3) is 0.733. The first kappa shape index (κ1) is 13.6. The first-order valence-corrected chi connectivity index (χ1v) is 7.61. The summed E-state index contributed by atoms with van der Waals surface area (Å²) in [6.45, 7) is 0.714. The zero-order valence-electron chi connectivity index (χ0n) is 12.0. The van der Waals surface area contributed by atoms with Crippen LogP contribution >= 0.6 is 0 Å². The number of carboxylic acids is 1. The van der Waals surface area contributed by atoms with Gasteiger partial charge >= 0.3 is 5.97 Å². The van der Waals surface area contributed by atoms with Gasteiger partial charge in [-0.15, -0.1) is 0 Å². The molecule has 3 rings (SSSR count). The number of aliphatic carboxylic acids is 1. The summed E-state index contributed by atoms with van der Waals surface area (Å²) < 4.78 is 1.79. The molecule has 0 amide bonds. The van der Waals surface area contributed by atoms with Crippen LogP contribution < -0.4 is 0 Å². The van der Waals surface area contributed by atoms with Crippen LogP contribution in [0.1, 0.15) is 44.1 Å². The van der Waals surface area contributed by atoms with Gasteiger partial charge in [0.15, 0.2) is 0 Å². The number of piperidine rings is 1. The summed E-state index contributed by atoms with van der Waals surface area (Å²) in [5.74, 6) is 0.0222. The van der Waals surface area contributed by atoms with E-state index in [1.165, 1.54) is 19.3 Å². The Morgan fingerprint density at radius 3 is 2.85 bits per heavy atom. The number of hydrogen-bond donors (Lipinski definition) is 1. The third kappa shape index (κ3) is 2.59. The van der Waals surface area contributed by atoms with E-state index in [4.69, 9.17) is 0 Å². The monoisotopic (exact) mass is 277 g/mol. The number of aromatic nitrogens is 2. The van der Waals surface area contributed by atoms with Gasteiger partial charge in [-0.2, -0.15) is 5.10 Å². The van der Waals surface area contributed by atoms with Gasteiger partial charge in [0.2, 0.25) is 0 Å². The topological polar surface area (TPSA) is 58.4 Å². The summed E-state index contributed by atoms with van der Waals surface area (Å²) in [6.07, 6.45) is 10.7. The second-order valence-corrected chi connectivity index (χ2v) is 6.24. The first-order chi connectivity index (χ1) is 9.65. The van der Waals surface area contributed by atoms with Crippen molar-refractivity contribution in [3.63, 3.8) is 0 Å². The van der Waals surface area contributed by atoms with Gasteiger partial charge < -0.3 is 5.11 Å². The van der Waals surface area contributed by atoms with Crippen molar-refractivity contribution in [1.82, 2.24) is 14.7 Å². The Balaban J connectivity index is 1.81. The molecule has 0 spiro atoms. The number of likely N-dealkylation sites (tertiary alicyclic amines) is 1.